The molecule has 3 aromatic rings. The van der Waals surface area contributed by atoms with Crippen molar-refractivity contribution in [2.45, 2.75) is 20.4 Å². The van der Waals surface area contributed by atoms with Crippen molar-refractivity contribution < 1.29 is 14.3 Å². The zero-order valence-electron chi connectivity index (χ0n) is 15.6. The lowest BCUT2D eigenvalue weighted by atomic mass is 10.2. The minimum absolute atomic E-state index is 0.331. The summed E-state index contributed by atoms with van der Waals surface area (Å²) in [5.41, 5.74) is 1.29. The predicted octanol–water partition coefficient (Wildman–Crippen LogP) is 5.19. The number of aromatic nitrogens is 1. The Balaban J connectivity index is 2.03. The normalized spacial score (nSPS) is 11.9. The van der Waals surface area contributed by atoms with Crippen LogP contribution in [-0.4, -0.2) is 30.3 Å². The lowest BCUT2D eigenvalue weighted by Crippen LogP contribution is -2.20. The molecule has 0 bridgehead atoms. The topological polar surface area (TPSA) is 52.8 Å². The number of ether oxygens (including phenoxy) is 2. The summed E-state index contributed by atoms with van der Waals surface area (Å²) in [4.78, 5) is 17.6. The standard InChI is InChI=1S/C20H20Cl2N2O3S/c1-3-26-10-9-24-18-16(22)11-14(21)12-17(18)28-20(24)23-19(25)13-5-7-15(8-6-13)27-4-2/h5-8,11-12H,3-4,9-10H2,1-2H3. The molecule has 5 nitrogen and oxygen atoms in total. The van der Waals surface area contributed by atoms with Crippen LogP contribution >= 0.6 is 34.5 Å². The Labute approximate surface area is 177 Å². The lowest BCUT2D eigenvalue weighted by molar-refractivity contribution is 0.0996. The first-order valence-corrected chi connectivity index (χ1v) is 10.5. The minimum atomic E-state index is -0.331. The smallest absolute Gasteiger partial charge is 0.279 e. The predicted molar refractivity (Wildman–Crippen MR) is 114 cm³/mol. The third-order valence-corrected chi connectivity index (χ3v) is 5.50. The van der Waals surface area contributed by atoms with Crippen LogP contribution in [0.4, 0.5) is 0 Å². The van der Waals surface area contributed by atoms with Gasteiger partial charge in [0.2, 0.25) is 0 Å². The highest BCUT2D eigenvalue weighted by atomic mass is 35.5. The second-order valence-corrected chi connectivity index (χ2v) is 7.69. The molecule has 0 unspecified atom stereocenters. The van der Waals surface area contributed by atoms with Crippen LogP contribution < -0.4 is 9.54 Å². The number of hydrogen-bond donors (Lipinski definition) is 0. The summed E-state index contributed by atoms with van der Waals surface area (Å²) in [6.07, 6.45) is 0. The summed E-state index contributed by atoms with van der Waals surface area (Å²) in [5, 5.41) is 1.06. The molecule has 0 aliphatic carbocycles. The molecule has 1 amide bonds. The second kappa shape index (κ2) is 9.56. The van der Waals surface area contributed by atoms with Crippen LogP contribution in [0.25, 0.3) is 10.2 Å². The van der Waals surface area contributed by atoms with Gasteiger partial charge in [0.25, 0.3) is 5.91 Å². The van der Waals surface area contributed by atoms with Gasteiger partial charge in [-0.25, -0.2) is 0 Å². The first-order valence-electron chi connectivity index (χ1n) is 8.91. The fourth-order valence-electron chi connectivity index (χ4n) is 2.73. The highest BCUT2D eigenvalue weighted by molar-refractivity contribution is 7.16. The molecule has 0 aliphatic rings. The number of hydrogen-bond acceptors (Lipinski definition) is 4. The van der Waals surface area contributed by atoms with Gasteiger partial charge in [-0.3, -0.25) is 4.79 Å². The quantitative estimate of drug-likeness (QED) is 0.477. The van der Waals surface area contributed by atoms with Gasteiger partial charge in [0.05, 0.1) is 28.5 Å². The largest absolute Gasteiger partial charge is 0.494 e. The van der Waals surface area contributed by atoms with E-state index in [1.807, 2.05) is 24.5 Å². The molecule has 8 heteroatoms. The van der Waals surface area contributed by atoms with E-state index in [-0.39, 0.29) is 5.91 Å². The number of fused-ring (bicyclic) bond motifs is 1. The number of carbonyl (C=O) groups is 1. The molecule has 0 atom stereocenters. The average Bonchev–Trinajstić information content (AvgIpc) is 3.00. The van der Waals surface area contributed by atoms with Crippen LogP contribution in [0.2, 0.25) is 10.0 Å². The summed E-state index contributed by atoms with van der Waals surface area (Å²) in [5.74, 6) is 0.385. The average molecular weight is 439 g/mol. The van der Waals surface area contributed by atoms with Gasteiger partial charge in [0.15, 0.2) is 4.80 Å². The van der Waals surface area contributed by atoms with Crippen molar-refractivity contribution in [1.29, 1.82) is 0 Å². The van der Waals surface area contributed by atoms with Gasteiger partial charge in [0.1, 0.15) is 5.75 Å². The Morgan fingerprint density at radius 1 is 1.14 bits per heavy atom. The van der Waals surface area contributed by atoms with Gasteiger partial charge in [-0.05, 0) is 50.2 Å². The molecular weight excluding hydrogens is 419 g/mol. The highest BCUT2D eigenvalue weighted by Gasteiger charge is 2.13. The maximum atomic E-state index is 12.7. The SMILES string of the molecule is CCOCCn1c(=NC(=O)c2ccc(OCC)cc2)sc2cc(Cl)cc(Cl)c21. The van der Waals surface area contributed by atoms with Gasteiger partial charge >= 0.3 is 0 Å². The van der Waals surface area contributed by atoms with E-state index in [0.717, 1.165) is 10.2 Å². The molecule has 0 saturated carbocycles. The summed E-state index contributed by atoms with van der Waals surface area (Å²) in [6.45, 7) is 6.05. The number of nitrogens with zero attached hydrogens (tertiary/aromatic N) is 2. The van der Waals surface area contributed by atoms with E-state index >= 15 is 0 Å². The number of carbonyl (C=O) groups excluding carboxylic acids is 1. The van der Waals surface area contributed by atoms with Gasteiger partial charge < -0.3 is 14.0 Å². The van der Waals surface area contributed by atoms with Crippen molar-refractivity contribution in [3.8, 4) is 5.75 Å². The molecule has 2 aromatic carbocycles. The van der Waals surface area contributed by atoms with E-state index in [0.29, 0.717) is 52.5 Å². The number of benzene rings is 2. The van der Waals surface area contributed by atoms with Crippen LogP contribution in [-0.2, 0) is 11.3 Å². The molecule has 0 fully saturated rings. The number of halogens is 2. The monoisotopic (exact) mass is 438 g/mol. The minimum Gasteiger partial charge on any atom is -0.494 e. The van der Waals surface area contributed by atoms with Crippen molar-refractivity contribution in [2.75, 3.05) is 19.8 Å². The van der Waals surface area contributed by atoms with E-state index < -0.39 is 0 Å². The van der Waals surface area contributed by atoms with E-state index in [9.17, 15) is 4.79 Å². The third kappa shape index (κ3) is 4.75. The van der Waals surface area contributed by atoms with E-state index in [4.69, 9.17) is 32.7 Å². The van der Waals surface area contributed by atoms with Gasteiger partial charge in [0, 0.05) is 23.7 Å². The van der Waals surface area contributed by atoms with Crippen LogP contribution in [0.1, 0.15) is 24.2 Å². The van der Waals surface area contributed by atoms with Crippen molar-refractivity contribution in [3.63, 3.8) is 0 Å². The Bertz CT molecular complexity index is 1040. The van der Waals surface area contributed by atoms with Crippen molar-refractivity contribution in [2.24, 2.45) is 4.99 Å². The van der Waals surface area contributed by atoms with Crippen LogP contribution in [0, 0.1) is 0 Å². The fraction of sp³-hybridized carbons (Fsp3) is 0.300. The molecule has 28 heavy (non-hydrogen) atoms. The highest BCUT2D eigenvalue weighted by Crippen LogP contribution is 2.29. The molecule has 3 rings (SSSR count). The molecule has 148 valence electrons. The zero-order valence-corrected chi connectivity index (χ0v) is 17.9. The van der Waals surface area contributed by atoms with Gasteiger partial charge in [-0.2, -0.15) is 4.99 Å². The lowest BCUT2D eigenvalue weighted by Gasteiger charge is -2.07. The maximum Gasteiger partial charge on any atom is 0.279 e. The molecule has 0 radical (unpaired) electrons. The molecule has 0 N–H and O–H groups in total. The van der Waals surface area contributed by atoms with Crippen LogP contribution in [0.5, 0.6) is 5.75 Å². The molecule has 0 saturated heterocycles. The fourth-order valence-corrected chi connectivity index (χ4v) is 4.57. The van der Waals surface area contributed by atoms with E-state index in [2.05, 4.69) is 4.99 Å². The number of amides is 1. The Hall–Kier alpha value is -1.86. The molecular formula is C20H20Cl2N2O3S. The van der Waals surface area contributed by atoms with Gasteiger partial charge in [-0.1, -0.05) is 34.5 Å². The third-order valence-electron chi connectivity index (χ3n) is 3.97. The van der Waals surface area contributed by atoms with Gasteiger partial charge in [-0.15, -0.1) is 0 Å². The summed E-state index contributed by atoms with van der Waals surface area (Å²) >= 11 is 13.9. The molecule has 1 aromatic heterocycles. The first-order chi connectivity index (χ1) is 13.5. The summed E-state index contributed by atoms with van der Waals surface area (Å²) in [7, 11) is 0. The zero-order chi connectivity index (χ0) is 20.1. The maximum absolute atomic E-state index is 12.7. The molecule has 0 aliphatic heterocycles. The molecule has 1 heterocycles. The Kier molecular flexibility index (Phi) is 7.13. The van der Waals surface area contributed by atoms with Crippen molar-refractivity contribution >= 4 is 50.7 Å². The van der Waals surface area contributed by atoms with E-state index in [1.165, 1.54) is 11.3 Å². The van der Waals surface area contributed by atoms with Crippen LogP contribution in [0.3, 0.4) is 0 Å². The van der Waals surface area contributed by atoms with Crippen molar-refractivity contribution in [3.05, 3.63) is 56.8 Å². The molecule has 0 spiro atoms. The van der Waals surface area contributed by atoms with Crippen LogP contribution in [0.15, 0.2) is 41.4 Å². The first kappa shape index (κ1) is 20.9. The summed E-state index contributed by atoms with van der Waals surface area (Å²) in [6, 6.07) is 10.4. The number of thiazole rings is 1. The Morgan fingerprint density at radius 2 is 1.89 bits per heavy atom. The Morgan fingerprint density at radius 3 is 2.57 bits per heavy atom. The van der Waals surface area contributed by atoms with E-state index in [1.54, 1.807) is 30.3 Å². The number of rotatable bonds is 7. The summed E-state index contributed by atoms with van der Waals surface area (Å²) < 4.78 is 13.7. The van der Waals surface area contributed by atoms with Crippen molar-refractivity contribution in [1.82, 2.24) is 4.57 Å². The second-order valence-electron chi connectivity index (χ2n) is 5.84.